The Morgan fingerprint density at radius 3 is 2.35 bits per heavy atom. The maximum atomic E-state index is 12.3. The molecule has 10 heteroatoms. The molecule has 0 saturated heterocycles. The van der Waals surface area contributed by atoms with Crippen LogP contribution in [0.2, 0.25) is 0 Å². The van der Waals surface area contributed by atoms with E-state index in [1.165, 1.54) is 12.1 Å². The summed E-state index contributed by atoms with van der Waals surface area (Å²) in [5.41, 5.74) is 5.96. The maximum Gasteiger partial charge on any atom is 0.335 e. The average Bonchev–Trinajstić information content (AvgIpc) is 2.79. The van der Waals surface area contributed by atoms with Crippen molar-refractivity contribution in [2.45, 2.75) is 6.42 Å². The highest BCUT2D eigenvalue weighted by Crippen LogP contribution is 2.24. The summed E-state index contributed by atoms with van der Waals surface area (Å²) in [7, 11) is 2.20. The van der Waals surface area contributed by atoms with Crippen molar-refractivity contribution in [3.05, 3.63) is 35.4 Å². The van der Waals surface area contributed by atoms with Gasteiger partial charge in [-0.3, -0.25) is 19.4 Å². The lowest BCUT2D eigenvalue weighted by molar-refractivity contribution is 0.0225. The molecule has 1 aliphatic heterocycles. The minimum atomic E-state index is -0.916. The number of halogens is 1. The van der Waals surface area contributed by atoms with Gasteiger partial charge in [-0.1, -0.05) is 12.1 Å². The average molecular weight is 356 g/mol. The molecule has 1 atom stereocenters. The zero-order valence-electron chi connectivity index (χ0n) is 12.0. The molecule has 3 amide bonds. The quantitative estimate of drug-likeness (QED) is 0.155. The Morgan fingerprint density at radius 1 is 1.30 bits per heavy atom. The number of rotatable bonds is 5. The van der Waals surface area contributed by atoms with Crippen molar-refractivity contribution in [1.82, 2.24) is 15.1 Å². The van der Waals surface area contributed by atoms with Gasteiger partial charge in [0.2, 0.25) is 0 Å². The van der Waals surface area contributed by atoms with Crippen LogP contribution in [0.1, 0.15) is 27.1 Å². The molecule has 2 rings (SSSR count). The second-order valence-electron chi connectivity index (χ2n) is 4.61. The summed E-state index contributed by atoms with van der Waals surface area (Å²) in [5.74, 6) is -0.928. The number of nitrogens with zero attached hydrogens (tertiary/aromatic N) is 3. The number of fused-ring (bicyclic) bond motifs is 1. The van der Waals surface area contributed by atoms with Crippen LogP contribution in [-0.2, 0) is 0 Å². The molecule has 1 heterocycles. The number of aliphatic imine (C=N–C) groups is 1. The first-order valence-corrected chi connectivity index (χ1v) is 7.64. The zero-order chi connectivity index (χ0) is 17.0. The molecule has 0 aromatic heterocycles. The molecule has 0 radical (unpaired) electrons. The minimum absolute atomic E-state index is 0.0570. The Kier molecular flexibility index (Phi) is 5.52. The van der Waals surface area contributed by atoms with E-state index >= 15 is 0 Å². The third kappa shape index (κ3) is 3.60. The molecule has 8 nitrogen and oxygen atoms in total. The number of hydrogen-bond acceptors (Lipinski definition) is 4. The first-order chi connectivity index (χ1) is 11.0. The summed E-state index contributed by atoms with van der Waals surface area (Å²) in [6, 6.07) is 6.35. The molecule has 0 bridgehead atoms. The number of carbonyl (C=O) groups is 3. The lowest BCUT2D eigenvalue weighted by Crippen LogP contribution is -2.48. The van der Waals surface area contributed by atoms with Crippen molar-refractivity contribution in [3.8, 4) is 0 Å². The van der Waals surface area contributed by atoms with Crippen molar-refractivity contribution in [2.24, 2.45) is 10.7 Å². The number of hydrazine groups is 1. The van der Waals surface area contributed by atoms with Gasteiger partial charge in [0.05, 0.1) is 11.1 Å². The fraction of sp³-hybridized carbons (Fsp3) is 0.231. The highest BCUT2D eigenvalue weighted by Gasteiger charge is 2.40. The fourth-order valence-electron chi connectivity index (χ4n) is 2.13. The van der Waals surface area contributed by atoms with Crippen LogP contribution in [-0.4, -0.2) is 46.2 Å². The van der Waals surface area contributed by atoms with Gasteiger partial charge in [-0.05, 0) is 39.5 Å². The van der Waals surface area contributed by atoms with Crippen LogP contribution in [0, 0.1) is 0 Å². The highest BCUT2D eigenvalue weighted by molar-refractivity contribution is 7.15. The molecule has 1 aromatic rings. The van der Waals surface area contributed by atoms with E-state index in [9.17, 15) is 14.4 Å². The smallest absolute Gasteiger partial charge is 0.335 e. The van der Waals surface area contributed by atoms with Gasteiger partial charge in [-0.25, -0.2) is 5.01 Å². The summed E-state index contributed by atoms with van der Waals surface area (Å²) in [5, 5.41) is 3.33. The second-order valence-corrected chi connectivity index (χ2v) is 5.22. The number of benzene rings is 1. The number of imide groups is 1. The lowest BCUT2D eigenvalue weighted by Gasteiger charge is -2.27. The molecular formula is C13H15ClN5O3P. The van der Waals surface area contributed by atoms with Crippen LogP contribution in [0.15, 0.2) is 29.3 Å². The van der Waals surface area contributed by atoms with Crippen LogP contribution in [0.3, 0.4) is 0 Å². The molecule has 122 valence electrons. The normalized spacial score (nSPS) is 14.0. The third-order valence-electron chi connectivity index (χ3n) is 3.18. The molecule has 0 saturated carbocycles. The molecule has 1 aliphatic rings. The first-order valence-electron chi connectivity index (χ1n) is 6.68. The summed E-state index contributed by atoms with van der Waals surface area (Å²) < 4.78 is 0. The molecule has 1 aromatic carbocycles. The Balaban J connectivity index is 2.12. The Bertz CT molecular complexity index is 646. The molecule has 23 heavy (non-hydrogen) atoms. The van der Waals surface area contributed by atoms with Crippen molar-refractivity contribution in [3.63, 3.8) is 0 Å². The van der Waals surface area contributed by atoms with E-state index in [1.807, 2.05) is 0 Å². The number of nitrogens with one attached hydrogen (secondary N) is 1. The number of guanidine groups is 1. The Labute approximate surface area is 139 Å². The van der Waals surface area contributed by atoms with Crippen molar-refractivity contribution in [2.75, 3.05) is 13.1 Å². The van der Waals surface area contributed by atoms with Crippen molar-refractivity contribution in [1.29, 1.82) is 0 Å². The number of carbonyl (C=O) groups excluding carboxylic acids is 3. The largest absolute Gasteiger partial charge is 0.370 e. The van der Waals surface area contributed by atoms with Gasteiger partial charge >= 0.3 is 5.37 Å². The molecular weight excluding hydrogens is 341 g/mol. The van der Waals surface area contributed by atoms with Crippen LogP contribution in [0.4, 0.5) is 4.79 Å². The van der Waals surface area contributed by atoms with Gasteiger partial charge in [-0.2, -0.15) is 5.01 Å². The van der Waals surface area contributed by atoms with E-state index in [-0.39, 0.29) is 23.6 Å². The van der Waals surface area contributed by atoms with E-state index in [4.69, 9.17) is 17.3 Å². The van der Waals surface area contributed by atoms with Crippen LogP contribution >= 0.6 is 21.0 Å². The number of hydrogen-bond donors (Lipinski definition) is 2. The molecule has 1 unspecified atom stereocenters. The van der Waals surface area contributed by atoms with E-state index in [0.29, 0.717) is 13.0 Å². The predicted octanol–water partition coefficient (Wildman–Crippen LogP) is 0.943. The standard InChI is InChI=1S/C13H15ClN5O3P/c14-12(22)18(7-3-6-16-13(15)17-23)19-10(20)8-4-1-2-5-9(8)11(19)21/h1-2,4-5H,3,6-7,23H2,(H3,15,16,17). The lowest BCUT2D eigenvalue weighted by atomic mass is 10.1. The van der Waals surface area contributed by atoms with Gasteiger partial charge in [0.1, 0.15) is 0 Å². The zero-order valence-corrected chi connectivity index (χ0v) is 13.9. The topological polar surface area (TPSA) is 108 Å². The van der Waals surface area contributed by atoms with Gasteiger partial charge in [0.25, 0.3) is 11.8 Å². The fourth-order valence-corrected chi connectivity index (χ4v) is 2.38. The summed E-state index contributed by atoms with van der Waals surface area (Å²) in [4.78, 5) is 40.3. The van der Waals surface area contributed by atoms with Gasteiger partial charge in [0, 0.05) is 13.1 Å². The van der Waals surface area contributed by atoms with Crippen LogP contribution < -0.4 is 10.8 Å². The van der Waals surface area contributed by atoms with Crippen LogP contribution in [0.25, 0.3) is 0 Å². The number of nitrogens with two attached hydrogens (primary N) is 1. The van der Waals surface area contributed by atoms with Crippen molar-refractivity contribution < 1.29 is 14.4 Å². The highest BCUT2D eigenvalue weighted by atomic mass is 35.5. The molecule has 0 aliphatic carbocycles. The van der Waals surface area contributed by atoms with Crippen LogP contribution in [0.5, 0.6) is 0 Å². The van der Waals surface area contributed by atoms with Gasteiger partial charge in [0.15, 0.2) is 5.96 Å². The van der Waals surface area contributed by atoms with E-state index in [0.717, 1.165) is 10.0 Å². The second kappa shape index (κ2) is 7.39. The summed E-state index contributed by atoms with van der Waals surface area (Å²) in [6.45, 7) is 0.360. The van der Waals surface area contributed by atoms with Crippen molar-refractivity contribution >= 4 is 44.1 Å². The predicted molar refractivity (Wildman–Crippen MR) is 88.8 cm³/mol. The monoisotopic (exact) mass is 355 g/mol. The summed E-state index contributed by atoms with van der Waals surface area (Å²) >= 11 is 5.53. The van der Waals surface area contributed by atoms with E-state index in [1.54, 1.807) is 12.1 Å². The van der Waals surface area contributed by atoms with Gasteiger partial charge < -0.3 is 10.8 Å². The Morgan fingerprint density at radius 2 is 1.87 bits per heavy atom. The minimum Gasteiger partial charge on any atom is -0.370 e. The molecule has 0 fully saturated rings. The molecule has 3 N–H and O–H groups in total. The molecule has 0 spiro atoms. The van der Waals surface area contributed by atoms with E-state index in [2.05, 4.69) is 19.5 Å². The first kappa shape index (κ1) is 17.2. The summed E-state index contributed by atoms with van der Waals surface area (Å²) in [6.07, 6.45) is 0.374. The SMILES string of the molecule is NC(=NCCCN(C(=O)Cl)N1C(=O)c2ccccc2C1=O)NP. The third-order valence-corrected chi connectivity index (χ3v) is 3.67. The Hall–Kier alpha value is -2.18. The number of amides is 3. The van der Waals surface area contributed by atoms with E-state index < -0.39 is 17.2 Å². The van der Waals surface area contributed by atoms with Gasteiger partial charge in [-0.15, -0.1) is 0 Å². The maximum absolute atomic E-state index is 12.3.